The molecule has 0 aromatic heterocycles. The molecule has 0 aromatic rings. The van der Waals surface area contributed by atoms with Crippen LogP contribution in [0.25, 0.3) is 0 Å². The summed E-state index contributed by atoms with van der Waals surface area (Å²) in [6.45, 7) is 0.249. The number of rotatable bonds is 1. The fourth-order valence-corrected chi connectivity index (χ4v) is 0. The van der Waals surface area contributed by atoms with E-state index in [-0.39, 0.29) is 13.8 Å². The topological polar surface area (TPSA) is 20.2 Å². The van der Waals surface area contributed by atoms with Crippen molar-refractivity contribution in [1.82, 2.24) is 0 Å². The molecular formula is C4H10O. The fraction of sp³-hybridized carbons (Fsp3) is 1.00. The van der Waals surface area contributed by atoms with E-state index in [9.17, 15) is 0 Å². The molecule has 32 valence electrons. The van der Waals surface area contributed by atoms with Gasteiger partial charge in [-0.25, -0.2) is 0 Å². The van der Waals surface area contributed by atoms with E-state index in [1.54, 1.807) is 0 Å². The van der Waals surface area contributed by atoms with Crippen LogP contribution in [0.4, 0.5) is 0 Å². The molecule has 1 heteroatoms. The van der Waals surface area contributed by atoms with Gasteiger partial charge in [0, 0.05) is 2.74 Å². The predicted octanol–water partition coefficient (Wildman–Crippen LogP) is 0.777. The monoisotopic (exact) mass is 76.1 g/mol. The Balaban J connectivity index is 2.83. The lowest BCUT2D eigenvalue weighted by Gasteiger charge is -1.90. The molecule has 5 heavy (non-hydrogen) atoms. The Morgan fingerprint density at radius 2 is 3.00 bits per heavy atom. The molecule has 0 spiro atoms. The quantitative estimate of drug-likeness (QED) is 0.489. The first-order valence-electron chi connectivity index (χ1n) is 2.99. The van der Waals surface area contributed by atoms with Crippen molar-refractivity contribution in [1.29, 1.82) is 0 Å². The second-order valence-electron chi connectivity index (χ2n) is 0.942. The Hall–Kier alpha value is -0.0400. The Kier molecular flexibility index (Phi) is 0.969. The minimum atomic E-state index is -0.572. The van der Waals surface area contributed by atoms with E-state index >= 15 is 0 Å². The molecule has 1 atom stereocenters. The molecule has 0 rings (SSSR count). The fourth-order valence-electron chi connectivity index (χ4n) is 0. The van der Waals surface area contributed by atoms with Crippen molar-refractivity contribution in [2.75, 3.05) is 0 Å². The van der Waals surface area contributed by atoms with Crippen molar-refractivity contribution in [3.8, 4) is 0 Å². The maximum absolute atomic E-state index is 8.55. The van der Waals surface area contributed by atoms with E-state index in [1.807, 2.05) is 0 Å². The smallest absolute Gasteiger partial charge is 0.0509 e. The molecule has 0 amide bonds. The van der Waals surface area contributed by atoms with Gasteiger partial charge in [-0.3, -0.25) is 0 Å². The Morgan fingerprint density at radius 1 is 2.20 bits per heavy atom. The van der Waals surface area contributed by atoms with Crippen LogP contribution < -0.4 is 0 Å². The zero-order valence-corrected chi connectivity index (χ0v) is 3.15. The van der Waals surface area contributed by atoms with Gasteiger partial charge in [0.25, 0.3) is 0 Å². The third-order valence-electron chi connectivity index (χ3n) is 0.333. The highest BCUT2D eigenvalue weighted by Crippen LogP contribution is 1.81. The Bertz CT molecular complexity index is 40.7. The van der Waals surface area contributed by atoms with Gasteiger partial charge in [-0.15, -0.1) is 0 Å². The van der Waals surface area contributed by atoms with E-state index in [1.165, 1.54) is 0 Å². The van der Waals surface area contributed by atoms with Gasteiger partial charge in [-0.2, -0.15) is 0 Å². The molecule has 0 aliphatic heterocycles. The molecule has 0 aliphatic rings. The molecule has 0 aliphatic carbocycles. The summed E-state index contributed by atoms with van der Waals surface area (Å²) in [6, 6.07) is 0. The summed E-state index contributed by atoms with van der Waals surface area (Å²) >= 11 is 0. The minimum Gasteiger partial charge on any atom is -0.393 e. The average Bonchev–Trinajstić information content (AvgIpc) is 1.68. The van der Waals surface area contributed by atoms with E-state index in [0.717, 1.165) is 0 Å². The number of hydrogen-bond donors (Lipinski definition) is 1. The molecule has 0 radical (unpaired) electrons. The lowest BCUT2D eigenvalue weighted by molar-refractivity contribution is 0.191. The highest BCUT2D eigenvalue weighted by molar-refractivity contribution is 4.34. The molecule has 0 bridgehead atoms. The van der Waals surface area contributed by atoms with Crippen LogP contribution in [0, 0.1) is 0 Å². The molecule has 0 heterocycles. The first kappa shape index (κ1) is 2.19. The molecule has 0 aromatic carbocycles. The zero-order valence-electron chi connectivity index (χ0n) is 5.15. The largest absolute Gasteiger partial charge is 0.393 e. The van der Waals surface area contributed by atoms with Crippen LogP contribution in [0.3, 0.4) is 0 Å². The molecule has 1 nitrogen and oxygen atoms in total. The van der Waals surface area contributed by atoms with Gasteiger partial charge >= 0.3 is 0 Å². The molecule has 1 N–H and O–H groups in total. The van der Waals surface area contributed by atoms with Crippen LogP contribution in [0.5, 0.6) is 0 Å². The van der Waals surface area contributed by atoms with Crippen molar-refractivity contribution in [3.05, 3.63) is 0 Å². The molecule has 0 fully saturated rings. The summed E-state index contributed by atoms with van der Waals surface area (Å²) in [4.78, 5) is 0. The first-order valence-corrected chi connectivity index (χ1v) is 1.57. The molecular weight excluding hydrogens is 64.0 g/mol. The van der Waals surface area contributed by atoms with Crippen LogP contribution in [-0.4, -0.2) is 11.2 Å². The SMILES string of the molecule is [2H]CCC(O)C[2H]. The van der Waals surface area contributed by atoms with Gasteiger partial charge < -0.3 is 5.11 Å². The van der Waals surface area contributed by atoms with E-state index in [0.29, 0.717) is 6.42 Å². The van der Waals surface area contributed by atoms with Crippen molar-refractivity contribution in [2.24, 2.45) is 0 Å². The van der Waals surface area contributed by atoms with E-state index < -0.39 is 6.10 Å². The molecule has 0 saturated carbocycles. The van der Waals surface area contributed by atoms with E-state index in [2.05, 4.69) is 0 Å². The summed E-state index contributed by atoms with van der Waals surface area (Å²) in [5, 5.41) is 8.55. The second-order valence-corrected chi connectivity index (χ2v) is 0.942. The zero-order chi connectivity index (χ0) is 5.70. The number of aliphatic hydroxyl groups is 1. The van der Waals surface area contributed by atoms with Crippen LogP contribution in [-0.2, 0) is 0 Å². The summed E-state index contributed by atoms with van der Waals surface area (Å²) in [5.74, 6) is 0. The first-order chi connectivity index (χ1) is 3.31. The third-order valence-corrected chi connectivity index (χ3v) is 0.333. The number of aliphatic hydroxyl groups excluding tert-OH is 1. The average molecular weight is 76.1 g/mol. The van der Waals surface area contributed by atoms with Crippen molar-refractivity contribution in [3.63, 3.8) is 0 Å². The molecule has 0 saturated heterocycles. The van der Waals surface area contributed by atoms with Crippen molar-refractivity contribution in [2.45, 2.75) is 26.3 Å². The summed E-state index contributed by atoms with van der Waals surface area (Å²) < 4.78 is 13.2. The normalized spacial score (nSPS) is 20.2. The Morgan fingerprint density at radius 3 is 3.20 bits per heavy atom. The van der Waals surface area contributed by atoms with Crippen LogP contribution in [0.1, 0.15) is 23.0 Å². The highest BCUT2D eigenvalue weighted by Gasteiger charge is 1.81. The van der Waals surface area contributed by atoms with Gasteiger partial charge in [0.2, 0.25) is 0 Å². The number of hydrogen-bond acceptors (Lipinski definition) is 1. The second kappa shape index (κ2) is 2.21. The van der Waals surface area contributed by atoms with Gasteiger partial charge in [-0.1, -0.05) is 6.90 Å². The standard InChI is InChI=1S/C4H10O/c1-3-4(2)5/h4-5H,3H2,1-2H3/i1D,2D. The van der Waals surface area contributed by atoms with Gasteiger partial charge in [0.15, 0.2) is 0 Å². The van der Waals surface area contributed by atoms with Gasteiger partial charge in [0.05, 0.1) is 6.10 Å². The maximum atomic E-state index is 8.55. The van der Waals surface area contributed by atoms with E-state index in [4.69, 9.17) is 7.85 Å². The summed E-state index contributed by atoms with van der Waals surface area (Å²) in [5.41, 5.74) is 0. The molecule has 1 unspecified atom stereocenters. The minimum absolute atomic E-state index is 0.0267. The lowest BCUT2D eigenvalue weighted by atomic mass is 10.3. The van der Waals surface area contributed by atoms with Crippen LogP contribution >= 0.6 is 0 Å². The predicted molar refractivity (Wildman–Crippen MR) is 22.0 cm³/mol. The van der Waals surface area contributed by atoms with Gasteiger partial charge in [-0.05, 0) is 13.3 Å². The van der Waals surface area contributed by atoms with Gasteiger partial charge in [0.1, 0.15) is 0 Å². The summed E-state index contributed by atoms with van der Waals surface area (Å²) in [7, 11) is 0. The van der Waals surface area contributed by atoms with Crippen LogP contribution in [0.2, 0.25) is 0 Å². The summed E-state index contributed by atoms with van der Waals surface area (Å²) in [6.07, 6.45) is -0.138. The van der Waals surface area contributed by atoms with Crippen molar-refractivity contribution < 1.29 is 7.85 Å². The third kappa shape index (κ3) is 3.96. The maximum Gasteiger partial charge on any atom is 0.0509 e. The highest BCUT2D eigenvalue weighted by atomic mass is 16.3. The van der Waals surface area contributed by atoms with Crippen molar-refractivity contribution >= 4 is 0 Å². The van der Waals surface area contributed by atoms with Crippen LogP contribution in [0.15, 0.2) is 0 Å². The Labute approximate surface area is 35.4 Å². The lowest BCUT2D eigenvalue weighted by Crippen LogP contribution is -1.93.